The van der Waals surface area contributed by atoms with Crippen molar-refractivity contribution in [2.24, 2.45) is 0 Å². The van der Waals surface area contributed by atoms with Crippen molar-refractivity contribution in [1.82, 2.24) is 9.88 Å². The molecule has 1 aliphatic rings. The van der Waals surface area contributed by atoms with Crippen molar-refractivity contribution in [2.45, 2.75) is 38.8 Å². The van der Waals surface area contributed by atoms with Gasteiger partial charge in [0.1, 0.15) is 17.3 Å². The third kappa shape index (κ3) is 4.26. The van der Waals surface area contributed by atoms with E-state index in [0.717, 1.165) is 41.5 Å². The Morgan fingerprint density at radius 3 is 2.75 bits per heavy atom. The third-order valence-electron chi connectivity index (χ3n) is 5.27. The van der Waals surface area contributed by atoms with Crippen LogP contribution in [0.2, 0.25) is 0 Å². The summed E-state index contributed by atoms with van der Waals surface area (Å²) in [6.07, 6.45) is 3.39. The zero-order chi connectivity index (χ0) is 19.3. The van der Waals surface area contributed by atoms with Crippen molar-refractivity contribution in [3.63, 3.8) is 0 Å². The second-order valence-corrected chi connectivity index (χ2v) is 7.27. The van der Waals surface area contributed by atoms with Crippen LogP contribution in [0.15, 0.2) is 59.0 Å². The Morgan fingerprint density at radius 2 is 1.93 bits per heavy atom. The number of aliphatic hydroxyl groups is 1. The molecule has 3 aromatic rings. The summed E-state index contributed by atoms with van der Waals surface area (Å²) in [6, 6.07) is 17.7. The first kappa shape index (κ1) is 18.7. The van der Waals surface area contributed by atoms with Crippen molar-refractivity contribution in [1.29, 1.82) is 0 Å². The minimum absolute atomic E-state index is 0.197. The number of hydrogen-bond donors (Lipinski definition) is 1. The van der Waals surface area contributed by atoms with Gasteiger partial charge in [0.2, 0.25) is 5.89 Å². The normalized spacial score (nSPS) is 17.6. The van der Waals surface area contributed by atoms with Crippen molar-refractivity contribution in [2.75, 3.05) is 13.2 Å². The number of nitrogens with zero attached hydrogens (tertiary/aromatic N) is 2. The van der Waals surface area contributed by atoms with Crippen LogP contribution in [-0.4, -0.2) is 34.2 Å². The molecule has 1 atom stereocenters. The minimum Gasteiger partial charge on any atom is -0.457 e. The van der Waals surface area contributed by atoms with Crippen LogP contribution in [0.25, 0.3) is 11.5 Å². The van der Waals surface area contributed by atoms with Crippen LogP contribution in [-0.2, 0) is 6.54 Å². The van der Waals surface area contributed by atoms with E-state index >= 15 is 0 Å². The maximum atomic E-state index is 9.64. The molecule has 146 valence electrons. The molecule has 5 nitrogen and oxygen atoms in total. The standard InChI is InChI=1S/C23H26N2O3/c1-17-22(15-25-13-6-5-9-19(25)16-26)24-23(27-17)18-8-7-12-21(14-18)28-20-10-3-2-4-11-20/h2-4,7-8,10-12,14,19,26H,5-6,9,13,15-16H2,1H3. The number of likely N-dealkylation sites (tertiary alicyclic amines) is 1. The summed E-state index contributed by atoms with van der Waals surface area (Å²) in [4.78, 5) is 7.06. The molecule has 1 unspecified atom stereocenters. The van der Waals surface area contributed by atoms with Crippen molar-refractivity contribution in [3.8, 4) is 23.0 Å². The van der Waals surface area contributed by atoms with E-state index in [2.05, 4.69) is 4.90 Å². The van der Waals surface area contributed by atoms with Gasteiger partial charge in [-0.1, -0.05) is 30.7 Å². The Labute approximate surface area is 165 Å². The molecule has 0 saturated carbocycles. The fraction of sp³-hybridized carbons (Fsp3) is 0.348. The second-order valence-electron chi connectivity index (χ2n) is 7.27. The van der Waals surface area contributed by atoms with E-state index in [9.17, 15) is 5.11 Å². The first-order valence-electron chi connectivity index (χ1n) is 9.87. The van der Waals surface area contributed by atoms with E-state index in [0.29, 0.717) is 12.4 Å². The summed E-state index contributed by atoms with van der Waals surface area (Å²) < 4.78 is 11.9. The highest BCUT2D eigenvalue weighted by Crippen LogP contribution is 2.29. The van der Waals surface area contributed by atoms with E-state index < -0.39 is 0 Å². The zero-order valence-corrected chi connectivity index (χ0v) is 16.2. The molecule has 0 radical (unpaired) electrons. The van der Waals surface area contributed by atoms with Gasteiger partial charge >= 0.3 is 0 Å². The van der Waals surface area contributed by atoms with Gasteiger partial charge in [0.15, 0.2) is 0 Å². The monoisotopic (exact) mass is 378 g/mol. The highest BCUT2D eigenvalue weighted by molar-refractivity contribution is 5.57. The lowest BCUT2D eigenvalue weighted by atomic mass is 10.0. The molecular formula is C23H26N2O3. The molecule has 28 heavy (non-hydrogen) atoms. The number of hydrogen-bond acceptors (Lipinski definition) is 5. The lowest BCUT2D eigenvalue weighted by Crippen LogP contribution is -2.41. The molecule has 4 rings (SSSR count). The predicted octanol–water partition coefficient (Wildman–Crippen LogP) is 4.79. The van der Waals surface area contributed by atoms with Crippen LogP contribution in [0.1, 0.15) is 30.7 Å². The molecule has 1 fully saturated rings. The fourth-order valence-electron chi connectivity index (χ4n) is 3.68. The lowest BCUT2D eigenvalue weighted by molar-refractivity contribution is 0.0828. The molecular weight excluding hydrogens is 352 g/mol. The van der Waals surface area contributed by atoms with Gasteiger partial charge in [-0.05, 0) is 56.6 Å². The van der Waals surface area contributed by atoms with Crippen LogP contribution in [0.4, 0.5) is 0 Å². The highest BCUT2D eigenvalue weighted by Gasteiger charge is 2.24. The van der Waals surface area contributed by atoms with E-state index in [1.54, 1.807) is 0 Å². The van der Waals surface area contributed by atoms with E-state index in [1.165, 1.54) is 12.8 Å². The quantitative estimate of drug-likeness (QED) is 0.668. The number of benzene rings is 2. The largest absolute Gasteiger partial charge is 0.457 e. The number of aryl methyl sites for hydroxylation is 1. The van der Waals surface area contributed by atoms with Crippen LogP contribution in [0.3, 0.4) is 0 Å². The molecule has 2 aromatic carbocycles. The Hall–Kier alpha value is -2.63. The molecule has 0 bridgehead atoms. The van der Waals surface area contributed by atoms with Gasteiger partial charge in [0, 0.05) is 18.2 Å². The van der Waals surface area contributed by atoms with Crippen molar-refractivity contribution in [3.05, 3.63) is 66.1 Å². The molecule has 1 aromatic heterocycles. The average molecular weight is 378 g/mol. The summed E-state index contributed by atoms with van der Waals surface area (Å²) in [5.41, 5.74) is 1.82. The number of para-hydroxylation sites is 1. The number of oxazole rings is 1. The average Bonchev–Trinajstić information content (AvgIpc) is 3.10. The van der Waals surface area contributed by atoms with Crippen LogP contribution < -0.4 is 4.74 Å². The smallest absolute Gasteiger partial charge is 0.226 e. The summed E-state index contributed by atoms with van der Waals surface area (Å²) >= 11 is 0. The Kier molecular flexibility index (Phi) is 5.74. The first-order chi connectivity index (χ1) is 13.7. The first-order valence-corrected chi connectivity index (χ1v) is 9.87. The van der Waals surface area contributed by atoms with E-state index in [-0.39, 0.29) is 12.6 Å². The van der Waals surface area contributed by atoms with Crippen molar-refractivity contribution >= 4 is 0 Å². The number of aromatic nitrogens is 1. The predicted molar refractivity (Wildman–Crippen MR) is 108 cm³/mol. The number of rotatable bonds is 6. The number of ether oxygens (including phenoxy) is 1. The molecule has 0 aliphatic carbocycles. The molecule has 1 aliphatic heterocycles. The molecule has 0 spiro atoms. The number of piperidine rings is 1. The molecule has 5 heteroatoms. The van der Waals surface area contributed by atoms with E-state index in [1.807, 2.05) is 61.5 Å². The topological polar surface area (TPSA) is 58.7 Å². The molecule has 2 heterocycles. The van der Waals surface area contributed by atoms with Crippen LogP contribution in [0, 0.1) is 6.92 Å². The lowest BCUT2D eigenvalue weighted by Gasteiger charge is -2.33. The highest BCUT2D eigenvalue weighted by atomic mass is 16.5. The van der Waals surface area contributed by atoms with Crippen LogP contribution >= 0.6 is 0 Å². The third-order valence-corrected chi connectivity index (χ3v) is 5.27. The Balaban J connectivity index is 1.52. The van der Waals surface area contributed by atoms with Gasteiger partial charge in [0.25, 0.3) is 0 Å². The fourth-order valence-corrected chi connectivity index (χ4v) is 3.68. The maximum Gasteiger partial charge on any atom is 0.226 e. The van der Waals surface area contributed by atoms with Gasteiger partial charge in [-0.25, -0.2) is 4.98 Å². The summed E-state index contributed by atoms with van der Waals surface area (Å²) in [7, 11) is 0. The maximum absolute atomic E-state index is 9.64. The molecule has 1 N–H and O–H groups in total. The van der Waals surface area contributed by atoms with Gasteiger partial charge in [0.05, 0.1) is 12.3 Å². The van der Waals surface area contributed by atoms with Gasteiger partial charge in [-0.2, -0.15) is 0 Å². The van der Waals surface area contributed by atoms with Gasteiger partial charge in [-0.15, -0.1) is 0 Å². The number of aliphatic hydroxyl groups excluding tert-OH is 1. The molecule has 1 saturated heterocycles. The summed E-state index contributed by atoms with van der Waals surface area (Å²) in [5.74, 6) is 2.97. The Bertz CT molecular complexity index is 907. The summed E-state index contributed by atoms with van der Waals surface area (Å²) in [5, 5.41) is 9.64. The second kappa shape index (κ2) is 8.59. The van der Waals surface area contributed by atoms with Crippen molar-refractivity contribution < 1.29 is 14.3 Å². The minimum atomic E-state index is 0.197. The zero-order valence-electron chi connectivity index (χ0n) is 16.2. The molecule has 0 amide bonds. The van der Waals surface area contributed by atoms with Gasteiger partial charge < -0.3 is 14.3 Å². The van der Waals surface area contributed by atoms with E-state index in [4.69, 9.17) is 14.1 Å². The summed E-state index contributed by atoms with van der Waals surface area (Å²) in [6.45, 7) is 3.85. The SMILES string of the molecule is Cc1oc(-c2cccc(Oc3ccccc3)c2)nc1CN1CCCCC1CO. The Morgan fingerprint density at radius 1 is 1.11 bits per heavy atom. The van der Waals surface area contributed by atoms with Crippen LogP contribution in [0.5, 0.6) is 11.5 Å². The van der Waals surface area contributed by atoms with Gasteiger partial charge in [-0.3, -0.25) is 4.90 Å².